The summed E-state index contributed by atoms with van der Waals surface area (Å²) in [5, 5.41) is -0.493. The molecule has 0 aromatic heterocycles. The van der Waals surface area contributed by atoms with E-state index < -0.39 is 37.5 Å². The molecule has 10 nitrogen and oxygen atoms in total. The molecule has 240 valence electrons. The second kappa shape index (κ2) is 13.4. The number of hydrogen-bond acceptors (Lipinski definition) is 9. The van der Waals surface area contributed by atoms with E-state index in [1.807, 2.05) is 77.4 Å². The Morgan fingerprint density at radius 2 is 1.73 bits per heavy atom. The SMILES string of the molecule is CCC(/C=C1\Oc2ccc(-c3ccccc3)cc2N1CCC(C)S(=O)(=O)O)=C\C1Oc2ccc(Cl)cc2N1CCCS(=O)(=O)[O-]. The molecule has 2 aliphatic rings. The Morgan fingerprint density at radius 3 is 2.42 bits per heavy atom. The summed E-state index contributed by atoms with van der Waals surface area (Å²) in [7, 11) is -8.60. The van der Waals surface area contributed by atoms with Crippen LogP contribution in [0.25, 0.3) is 11.1 Å². The second-order valence-electron chi connectivity index (χ2n) is 10.9. The van der Waals surface area contributed by atoms with Crippen molar-refractivity contribution in [3.8, 4) is 22.6 Å². The molecule has 0 saturated heterocycles. The Bertz CT molecular complexity index is 1830. The van der Waals surface area contributed by atoms with Crippen LogP contribution in [0.1, 0.15) is 33.1 Å². The summed E-state index contributed by atoms with van der Waals surface area (Å²) in [6, 6.07) is 20.9. The molecule has 0 fully saturated rings. The van der Waals surface area contributed by atoms with Crippen LogP contribution in [-0.2, 0) is 20.2 Å². The topological polar surface area (TPSA) is 137 Å². The quantitative estimate of drug-likeness (QED) is 0.221. The fraction of sp³-hybridized carbons (Fsp3) is 0.312. The maximum absolute atomic E-state index is 11.8. The number of nitrogens with zero attached hydrogens (tertiary/aromatic N) is 2. The van der Waals surface area contributed by atoms with E-state index >= 15 is 0 Å². The number of hydrogen-bond donors (Lipinski definition) is 1. The number of benzene rings is 3. The average Bonchev–Trinajstić information content (AvgIpc) is 3.50. The summed E-state index contributed by atoms with van der Waals surface area (Å²) < 4.78 is 79.5. The number of halogens is 1. The van der Waals surface area contributed by atoms with Crippen LogP contribution in [0.5, 0.6) is 11.5 Å². The number of allylic oxidation sites excluding steroid dienone is 2. The van der Waals surface area contributed by atoms with E-state index in [9.17, 15) is 25.9 Å². The number of rotatable bonds is 12. The minimum atomic E-state index is -4.38. The number of ether oxygens (including phenoxy) is 2. The van der Waals surface area contributed by atoms with Crippen molar-refractivity contribution in [2.75, 3.05) is 28.6 Å². The molecule has 0 aliphatic carbocycles. The highest BCUT2D eigenvalue weighted by atomic mass is 35.5. The van der Waals surface area contributed by atoms with Gasteiger partial charge in [0.15, 0.2) is 12.0 Å². The first kappa shape index (κ1) is 32.8. The Kier molecular flexibility index (Phi) is 9.80. The minimum absolute atomic E-state index is 0.107. The molecular weight excluding hydrogens is 640 g/mol. The molecule has 3 aromatic rings. The van der Waals surface area contributed by atoms with Crippen LogP contribution in [0.15, 0.2) is 90.3 Å². The zero-order chi connectivity index (χ0) is 32.4. The molecule has 3 aromatic carbocycles. The molecule has 45 heavy (non-hydrogen) atoms. The Balaban J connectivity index is 1.48. The lowest BCUT2D eigenvalue weighted by Gasteiger charge is -2.24. The van der Waals surface area contributed by atoms with Crippen molar-refractivity contribution in [2.45, 2.75) is 44.6 Å². The summed E-state index contributed by atoms with van der Waals surface area (Å²) in [5.74, 6) is 1.16. The van der Waals surface area contributed by atoms with Crippen LogP contribution >= 0.6 is 11.6 Å². The van der Waals surface area contributed by atoms with Gasteiger partial charge in [-0.15, -0.1) is 0 Å². The second-order valence-corrected chi connectivity index (χ2v) is 14.7. The van der Waals surface area contributed by atoms with E-state index in [-0.39, 0.29) is 25.9 Å². The zero-order valence-corrected chi connectivity index (χ0v) is 27.2. The van der Waals surface area contributed by atoms with Crippen LogP contribution < -0.4 is 19.3 Å². The third kappa shape index (κ3) is 8.00. The van der Waals surface area contributed by atoms with Gasteiger partial charge in [0, 0.05) is 29.9 Å². The van der Waals surface area contributed by atoms with E-state index in [0.29, 0.717) is 34.5 Å². The molecule has 5 rings (SSSR count). The van der Waals surface area contributed by atoms with E-state index in [1.165, 1.54) is 6.92 Å². The summed E-state index contributed by atoms with van der Waals surface area (Å²) in [4.78, 5) is 3.76. The van der Waals surface area contributed by atoms with Gasteiger partial charge < -0.3 is 23.8 Å². The molecule has 2 heterocycles. The van der Waals surface area contributed by atoms with Crippen molar-refractivity contribution in [1.29, 1.82) is 0 Å². The van der Waals surface area contributed by atoms with Crippen molar-refractivity contribution in [3.05, 3.63) is 95.4 Å². The van der Waals surface area contributed by atoms with Crippen LogP contribution in [-0.4, -0.2) is 56.3 Å². The van der Waals surface area contributed by atoms with E-state index in [2.05, 4.69) is 0 Å². The molecule has 2 aliphatic heterocycles. The van der Waals surface area contributed by atoms with Crippen LogP contribution in [0, 0.1) is 0 Å². The predicted molar refractivity (Wildman–Crippen MR) is 174 cm³/mol. The van der Waals surface area contributed by atoms with Crippen LogP contribution in [0.2, 0.25) is 5.02 Å². The summed E-state index contributed by atoms with van der Waals surface area (Å²) >= 11 is 6.25. The van der Waals surface area contributed by atoms with Gasteiger partial charge in [-0.05, 0) is 79.3 Å². The van der Waals surface area contributed by atoms with Crippen molar-refractivity contribution in [1.82, 2.24) is 0 Å². The smallest absolute Gasteiger partial charge is 0.267 e. The fourth-order valence-electron chi connectivity index (χ4n) is 5.25. The highest BCUT2D eigenvalue weighted by molar-refractivity contribution is 7.86. The minimum Gasteiger partial charge on any atom is -0.748 e. The highest BCUT2D eigenvalue weighted by Gasteiger charge is 2.31. The molecule has 1 N–H and O–H groups in total. The number of anilines is 2. The highest BCUT2D eigenvalue weighted by Crippen LogP contribution is 2.43. The fourth-order valence-corrected chi connectivity index (χ4v) is 6.30. The van der Waals surface area contributed by atoms with Gasteiger partial charge in [-0.1, -0.05) is 54.9 Å². The molecule has 0 amide bonds. The molecule has 2 atom stereocenters. The van der Waals surface area contributed by atoms with Gasteiger partial charge in [-0.3, -0.25) is 4.55 Å². The molecule has 0 radical (unpaired) electrons. The van der Waals surface area contributed by atoms with Crippen molar-refractivity contribution >= 4 is 43.2 Å². The van der Waals surface area contributed by atoms with Gasteiger partial charge in [-0.2, -0.15) is 8.42 Å². The monoisotopic (exact) mass is 673 g/mol. The van der Waals surface area contributed by atoms with Gasteiger partial charge in [0.1, 0.15) is 5.75 Å². The maximum atomic E-state index is 11.8. The van der Waals surface area contributed by atoms with E-state index in [4.69, 9.17) is 21.1 Å². The third-order valence-corrected chi connectivity index (χ3v) is 10.0. The molecule has 0 bridgehead atoms. The number of fused-ring (bicyclic) bond motifs is 2. The van der Waals surface area contributed by atoms with E-state index in [1.54, 1.807) is 18.2 Å². The van der Waals surface area contributed by atoms with Gasteiger partial charge in [0.05, 0.1) is 26.7 Å². The molecular formula is C32H34ClN2O8S2-. The standard InChI is InChI=1S/C32H35ClN2O8S2/c1-3-23(18-31-34(15-7-17-44(36,37)38)28-21-26(33)11-13-30(28)43-31)19-32-35(16-14-22(2)45(39,40)41)27-20-25(10-12-29(27)42-32)24-8-5-4-6-9-24/h4-6,8-13,18-22,31H,3,7,14-17H2,1-2H3,(H,36,37,38)(H,39,40,41)/p-1/b23-18+,32-19-. The summed E-state index contributed by atoms with van der Waals surface area (Å²) in [6.07, 6.45) is 3.98. The molecule has 2 unspecified atom stereocenters. The van der Waals surface area contributed by atoms with Gasteiger partial charge >= 0.3 is 0 Å². The van der Waals surface area contributed by atoms with Crippen molar-refractivity contribution in [2.24, 2.45) is 0 Å². The average molecular weight is 674 g/mol. The Morgan fingerprint density at radius 1 is 1.00 bits per heavy atom. The van der Waals surface area contributed by atoms with E-state index in [0.717, 1.165) is 22.4 Å². The van der Waals surface area contributed by atoms with Crippen LogP contribution in [0.4, 0.5) is 11.4 Å². The third-order valence-electron chi connectivity index (χ3n) is 7.76. The Labute approximate surface area is 269 Å². The zero-order valence-electron chi connectivity index (χ0n) is 24.8. The predicted octanol–water partition coefficient (Wildman–Crippen LogP) is 6.21. The molecule has 0 saturated carbocycles. The lowest BCUT2D eigenvalue weighted by molar-refractivity contribution is 0.272. The maximum Gasteiger partial charge on any atom is 0.267 e. The first-order chi connectivity index (χ1) is 21.3. The largest absolute Gasteiger partial charge is 0.748 e. The first-order valence-electron chi connectivity index (χ1n) is 14.5. The normalized spacial score (nSPS) is 18.0. The lowest BCUT2D eigenvalue weighted by atomic mass is 10.0. The van der Waals surface area contributed by atoms with Gasteiger partial charge in [0.2, 0.25) is 5.88 Å². The van der Waals surface area contributed by atoms with Crippen molar-refractivity contribution in [3.63, 3.8) is 0 Å². The molecule has 13 heteroatoms. The van der Waals surface area contributed by atoms with Crippen LogP contribution in [0.3, 0.4) is 0 Å². The van der Waals surface area contributed by atoms with Crippen molar-refractivity contribution < 1.29 is 35.4 Å². The van der Waals surface area contributed by atoms with Gasteiger partial charge in [-0.25, -0.2) is 8.42 Å². The lowest BCUT2D eigenvalue weighted by Crippen LogP contribution is -2.35. The molecule has 0 spiro atoms. The van der Waals surface area contributed by atoms with Gasteiger partial charge in [0.25, 0.3) is 10.1 Å². The Hall–Kier alpha value is -3.55. The first-order valence-corrected chi connectivity index (χ1v) is 18.0. The summed E-state index contributed by atoms with van der Waals surface area (Å²) in [6.45, 7) is 3.93. The summed E-state index contributed by atoms with van der Waals surface area (Å²) in [5.41, 5.74) is 4.26.